The smallest absolute Gasteiger partial charge is 0.264 e. The van der Waals surface area contributed by atoms with Gasteiger partial charge < -0.3 is 10.2 Å². The maximum absolute atomic E-state index is 14.1. The van der Waals surface area contributed by atoms with Gasteiger partial charge in [0, 0.05) is 13.1 Å². The summed E-state index contributed by atoms with van der Waals surface area (Å²) in [6.45, 7) is 10.3. The second-order valence-corrected chi connectivity index (χ2v) is 12.8. The molecule has 0 aliphatic carbocycles. The number of hydrogen-bond donors (Lipinski definition) is 1. The molecular formula is C34H45N3O4S. The van der Waals surface area contributed by atoms with E-state index in [4.69, 9.17) is 0 Å². The van der Waals surface area contributed by atoms with E-state index in [9.17, 15) is 18.0 Å². The zero-order valence-corrected chi connectivity index (χ0v) is 26.4. The number of nitrogens with zero attached hydrogens (tertiary/aromatic N) is 2. The Kier molecular flexibility index (Phi) is 12.2. The number of sulfonamides is 1. The van der Waals surface area contributed by atoms with Crippen molar-refractivity contribution in [2.45, 2.75) is 77.2 Å². The Hall–Kier alpha value is -3.65. The molecule has 1 atom stereocenters. The number of benzene rings is 3. The SMILES string of the molecule is CCCCNC(=O)[C@H](CC)N(CCc1ccccc1)C(=O)CN(c1ccc(C(C)C)cc1)S(=O)(=O)c1ccc(C)cc1. The molecule has 1 N–H and O–H groups in total. The molecule has 0 aromatic heterocycles. The highest BCUT2D eigenvalue weighted by Crippen LogP contribution is 2.27. The minimum atomic E-state index is -4.08. The summed E-state index contributed by atoms with van der Waals surface area (Å²) in [5, 5.41) is 2.97. The van der Waals surface area contributed by atoms with Crippen molar-refractivity contribution < 1.29 is 18.0 Å². The molecule has 0 saturated carbocycles. The van der Waals surface area contributed by atoms with E-state index in [2.05, 4.69) is 26.1 Å². The molecule has 2 amide bonds. The van der Waals surface area contributed by atoms with Crippen molar-refractivity contribution in [2.75, 3.05) is 23.9 Å². The van der Waals surface area contributed by atoms with E-state index in [1.807, 2.05) is 56.3 Å². The van der Waals surface area contributed by atoms with Crippen LogP contribution >= 0.6 is 0 Å². The maximum Gasteiger partial charge on any atom is 0.264 e. The molecule has 0 aliphatic rings. The number of hydrogen-bond acceptors (Lipinski definition) is 4. The lowest BCUT2D eigenvalue weighted by molar-refractivity contribution is -0.139. The monoisotopic (exact) mass is 591 g/mol. The van der Waals surface area contributed by atoms with Gasteiger partial charge in [-0.25, -0.2) is 8.42 Å². The van der Waals surface area contributed by atoms with Gasteiger partial charge in [-0.2, -0.15) is 0 Å². The summed E-state index contributed by atoms with van der Waals surface area (Å²) in [4.78, 5) is 29.1. The normalized spacial score (nSPS) is 12.1. The molecule has 0 aliphatic heterocycles. The lowest BCUT2D eigenvalue weighted by Gasteiger charge is -2.33. The summed E-state index contributed by atoms with van der Waals surface area (Å²) in [6, 6.07) is 23.0. The topological polar surface area (TPSA) is 86.8 Å². The van der Waals surface area contributed by atoms with E-state index in [0.29, 0.717) is 25.1 Å². The van der Waals surface area contributed by atoms with Gasteiger partial charge >= 0.3 is 0 Å². The molecule has 0 fully saturated rings. The Morgan fingerprint density at radius 3 is 2.10 bits per heavy atom. The molecule has 226 valence electrons. The van der Waals surface area contributed by atoms with Crippen LogP contribution in [0, 0.1) is 6.92 Å². The Labute approximate surface area is 252 Å². The first-order chi connectivity index (χ1) is 20.1. The van der Waals surface area contributed by atoms with Crippen LogP contribution < -0.4 is 9.62 Å². The van der Waals surface area contributed by atoms with Crippen molar-refractivity contribution in [3.63, 3.8) is 0 Å². The first kappa shape index (κ1) is 32.9. The molecule has 42 heavy (non-hydrogen) atoms. The van der Waals surface area contributed by atoms with Gasteiger partial charge in [-0.3, -0.25) is 13.9 Å². The molecule has 3 rings (SSSR count). The maximum atomic E-state index is 14.1. The summed E-state index contributed by atoms with van der Waals surface area (Å²) < 4.78 is 29.2. The van der Waals surface area contributed by atoms with Crippen LogP contribution in [0.5, 0.6) is 0 Å². The Balaban J connectivity index is 2.00. The third kappa shape index (κ3) is 8.68. The lowest BCUT2D eigenvalue weighted by Crippen LogP contribution is -2.53. The second-order valence-electron chi connectivity index (χ2n) is 11.0. The van der Waals surface area contributed by atoms with E-state index in [1.54, 1.807) is 41.3 Å². The van der Waals surface area contributed by atoms with E-state index in [-0.39, 0.29) is 23.3 Å². The number of amides is 2. The van der Waals surface area contributed by atoms with Gasteiger partial charge in [-0.15, -0.1) is 0 Å². The molecule has 8 heteroatoms. The average Bonchev–Trinajstić information content (AvgIpc) is 2.98. The van der Waals surface area contributed by atoms with Crippen LogP contribution in [-0.4, -0.2) is 50.8 Å². The van der Waals surface area contributed by atoms with Crippen LogP contribution in [0.25, 0.3) is 0 Å². The van der Waals surface area contributed by atoms with Crippen LogP contribution in [0.2, 0.25) is 0 Å². The zero-order chi connectivity index (χ0) is 30.7. The minimum Gasteiger partial charge on any atom is -0.354 e. The van der Waals surface area contributed by atoms with E-state index in [0.717, 1.165) is 29.5 Å². The van der Waals surface area contributed by atoms with Gasteiger partial charge in [0.2, 0.25) is 11.8 Å². The quantitative estimate of drug-likeness (QED) is 0.217. The molecule has 0 unspecified atom stereocenters. The van der Waals surface area contributed by atoms with Gasteiger partial charge in [0.05, 0.1) is 10.6 Å². The molecule has 0 radical (unpaired) electrons. The predicted molar refractivity (Wildman–Crippen MR) is 170 cm³/mol. The van der Waals surface area contributed by atoms with Crippen molar-refractivity contribution in [3.8, 4) is 0 Å². The third-order valence-corrected chi connectivity index (χ3v) is 9.22. The average molecular weight is 592 g/mol. The zero-order valence-electron chi connectivity index (χ0n) is 25.5. The number of nitrogens with one attached hydrogen (secondary N) is 1. The number of aryl methyl sites for hydroxylation is 1. The number of unbranched alkanes of at least 4 members (excludes halogenated alkanes) is 1. The molecule has 3 aromatic carbocycles. The van der Waals surface area contributed by atoms with Crippen LogP contribution in [-0.2, 0) is 26.0 Å². The van der Waals surface area contributed by atoms with Gasteiger partial charge in [0.25, 0.3) is 10.0 Å². The fraction of sp³-hybridized carbons (Fsp3) is 0.412. The first-order valence-corrected chi connectivity index (χ1v) is 16.3. The predicted octanol–water partition coefficient (Wildman–Crippen LogP) is 6.08. The highest BCUT2D eigenvalue weighted by atomic mass is 32.2. The van der Waals surface area contributed by atoms with Crippen LogP contribution in [0.1, 0.15) is 69.6 Å². The van der Waals surface area contributed by atoms with E-state index >= 15 is 0 Å². The highest BCUT2D eigenvalue weighted by Gasteiger charge is 2.33. The number of carbonyl (C=O) groups is 2. The van der Waals surface area contributed by atoms with Gasteiger partial charge in [-0.05, 0) is 67.5 Å². The summed E-state index contributed by atoms with van der Waals surface area (Å²) >= 11 is 0. The number of carbonyl (C=O) groups excluding carboxylic acids is 2. The van der Waals surface area contributed by atoms with Crippen molar-refractivity contribution in [1.82, 2.24) is 10.2 Å². The lowest BCUT2D eigenvalue weighted by atomic mass is 10.0. The van der Waals surface area contributed by atoms with Crippen LogP contribution in [0.4, 0.5) is 5.69 Å². The highest BCUT2D eigenvalue weighted by molar-refractivity contribution is 7.92. The van der Waals surface area contributed by atoms with Crippen molar-refractivity contribution in [3.05, 3.63) is 95.6 Å². The van der Waals surface area contributed by atoms with Gasteiger partial charge in [-0.1, -0.05) is 94.3 Å². The van der Waals surface area contributed by atoms with E-state index < -0.39 is 28.5 Å². The standard InChI is InChI=1S/C34H45N3O4S/c1-6-8-23-35-34(39)32(7-2)36(24-22-28-12-10-9-11-13-28)33(38)25-37(30-18-16-29(17-19-30)26(3)4)42(40,41)31-20-14-27(5)15-21-31/h9-21,26,32H,6-8,22-25H2,1-5H3,(H,35,39)/t32-/m0/s1. The number of rotatable bonds is 15. The number of anilines is 1. The van der Waals surface area contributed by atoms with Crippen molar-refractivity contribution >= 4 is 27.5 Å². The van der Waals surface area contributed by atoms with Crippen molar-refractivity contribution in [1.29, 1.82) is 0 Å². The summed E-state index contributed by atoms with van der Waals surface area (Å²) in [5.41, 5.74) is 3.43. The summed E-state index contributed by atoms with van der Waals surface area (Å²) in [6.07, 6.45) is 2.73. The molecule has 3 aromatic rings. The van der Waals surface area contributed by atoms with E-state index in [1.165, 1.54) is 4.31 Å². The van der Waals surface area contributed by atoms with Crippen molar-refractivity contribution in [2.24, 2.45) is 0 Å². The summed E-state index contributed by atoms with van der Waals surface area (Å²) in [5.74, 6) is -0.374. The first-order valence-electron chi connectivity index (χ1n) is 14.9. The molecular weight excluding hydrogens is 546 g/mol. The van der Waals surface area contributed by atoms with Gasteiger partial charge in [0.15, 0.2) is 0 Å². The second kappa shape index (κ2) is 15.5. The minimum absolute atomic E-state index is 0.106. The molecule has 0 heterocycles. The molecule has 0 bridgehead atoms. The van der Waals surface area contributed by atoms with Gasteiger partial charge in [0.1, 0.15) is 12.6 Å². The third-order valence-electron chi connectivity index (χ3n) is 7.44. The largest absolute Gasteiger partial charge is 0.354 e. The fourth-order valence-corrected chi connectivity index (χ4v) is 6.21. The Bertz CT molecular complexity index is 1390. The molecule has 7 nitrogen and oxygen atoms in total. The van der Waals surface area contributed by atoms with Crippen LogP contribution in [0.15, 0.2) is 83.8 Å². The Morgan fingerprint density at radius 2 is 1.52 bits per heavy atom. The Morgan fingerprint density at radius 1 is 0.881 bits per heavy atom. The molecule has 0 spiro atoms. The van der Waals surface area contributed by atoms with Crippen LogP contribution in [0.3, 0.4) is 0 Å². The summed E-state index contributed by atoms with van der Waals surface area (Å²) in [7, 11) is -4.08. The molecule has 0 saturated heterocycles. The fourth-order valence-electron chi connectivity index (χ4n) is 4.79.